The fraction of sp³-hybridized carbons (Fsp3) is 0.167. The summed E-state index contributed by atoms with van der Waals surface area (Å²) in [4.78, 5) is 7.47. The summed E-state index contributed by atoms with van der Waals surface area (Å²) in [6.45, 7) is 0.0158. The second kappa shape index (κ2) is 2.31. The van der Waals surface area contributed by atoms with Crippen molar-refractivity contribution in [2.75, 3.05) is 5.73 Å². The van der Waals surface area contributed by atoms with Crippen molar-refractivity contribution < 1.29 is 1.37 Å². The molecule has 1 aromatic heterocycles. The van der Waals surface area contributed by atoms with Gasteiger partial charge >= 0.3 is 0 Å². The van der Waals surface area contributed by atoms with Crippen LogP contribution >= 0.6 is 0 Å². The maximum absolute atomic E-state index is 8.44. The van der Waals surface area contributed by atoms with Crippen LogP contribution in [0.4, 0.5) is 5.82 Å². The predicted octanol–water partition coefficient (Wildman–Crippen LogP) is 0.239. The minimum absolute atomic E-state index is 0.0158. The number of nitrogens with zero attached hydrogens (tertiary/aromatic N) is 3. The largest absolute Gasteiger partial charge is 0.381 e. The van der Waals surface area contributed by atoms with Gasteiger partial charge in [-0.1, -0.05) is 0 Å². The average Bonchev–Trinajstić information content (AvgIpc) is 2.05. The first-order valence-electron chi connectivity index (χ1n) is 3.29. The molecule has 0 unspecified atom stereocenters. The quantitative estimate of drug-likeness (QED) is 0.552. The zero-order chi connectivity index (χ0) is 8.27. The maximum Gasteiger partial charge on any atom is 0.183 e. The summed E-state index contributed by atoms with van der Waals surface area (Å²) in [5, 5.41) is 8.44. The van der Waals surface area contributed by atoms with Crippen LogP contribution in [0.2, 0.25) is 0 Å². The summed E-state index contributed by atoms with van der Waals surface area (Å²) in [5.74, 6) is 0.115. The van der Waals surface area contributed by atoms with E-state index in [0.717, 1.165) is 0 Å². The lowest BCUT2D eigenvalue weighted by molar-refractivity contribution is 1.10. The van der Waals surface area contributed by atoms with Crippen molar-refractivity contribution in [1.82, 2.24) is 9.97 Å². The molecule has 0 bridgehead atoms. The number of hydrogen-bond donors (Lipinski definition) is 1. The lowest BCUT2D eigenvalue weighted by Crippen LogP contribution is -1.98. The van der Waals surface area contributed by atoms with Gasteiger partial charge in [0, 0.05) is 1.37 Å². The number of aryl methyl sites for hydroxylation is 1. The average molecular weight is 135 g/mol. The van der Waals surface area contributed by atoms with E-state index in [2.05, 4.69) is 9.97 Å². The number of hydrogen-bond acceptors (Lipinski definition) is 4. The van der Waals surface area contributed by atoms with E-state index in [1.165, 1.54) is 6.20 Å². The molecule has 0 radical (unpaired) electrons. The maximum atomic E-state index is 8.44. The van der Waals surface area contributed by atoms with Crippen LogP contribution in [0.25, 0.3) is 0 Å². The van der Waals surface area contributed by atoms with Gasteiger partial charge in [-0.15, -0.1) is 0 Å². The van der Waals surface area contributed by atoms with Crippen LogP contribution in [0.15, 0.2) is 6.20 Å². The Kier molecular flexibility index (Phi) is 1.20. The Morgan fingerprint density at radius 3 is 3.30 bits per heavy atom. The van der Waals surface area contributed by atoms with Gasteiger partial charge in [-0.2, -0.15) is 5.26 Å². The van der Waals surface area contributed by atoms with Gasteiger partial charge in [0.1, 0.15) is 6.07 Å². The molecule has 0 atom stereocenters. The Morgan fingerprint density at radius 1 is 1.90 bits per heavy atom. The number of aromatic nitrogens is 2. The van der Waals surface area contributed by atoms with Gasteiger partial charge in [0.2, 0.25) is 0 Å². The van der Waals surface area contributed by atoms with Crippen molar-refractivity contribution in [3.63, 3.8) is 0 Å². The number of nitriles is 1. The first-order valence-corrected chi connectivity index (χ1v) is 2.58. The van der Waals surface area contributed by atoms with Crippen LogP contribution in [0.3, 0.4) is 0 Å². The molecule has 0 saturated carbocycles. The van der Waals surface area contributed by atoms with Gasteiger partial charge in [0.05, 0.1) is 11.9 Å². The first kappa shape index (κ1) is 5.18. The van der Waals surface area contributed by atoms with Crippen molar-refractivity contribution in [1.29, 1.82) is 5.26 Å². The lowest BCUT2D eigenvalue weighted by Gasteiger charge is -1.94. The molecule has 4 heteroatoms. The molecule has 0 spiro atoms. The molecule has 1 aromatic rings. The molecular weight excluding hydrogens is 128 g/mol. The van der Waals surface area contributed by atoms with Crippen molar-refractivity contribution >= 4 is 5.82 Å². The third kappa shape index (κ3) is 1.03. The summed E-state index contributed by atoms with van der Waals surface area (Å²) in [7, 11) is 0. The highest BCUT2D eigenvalue weighted by Gasteiger charge is 1.98. The highest BCUT2D eigenvalue weighted by molar-refractivity contribution is 5.42. The molecule has 0 aliphatic heterocycles. The fourth-order valence-corrected chi connectivity index (χ4v) is 0.517. The van der Waals surface area contributed by atoms with Crippen LogP contribution in [0.5, 0.6) is 0 Å². The molecule has 10 heavy (non-hydrogen) atoms. The van der Waals surface area contributed by atoms with Crippen LogP contribution in [0.1, 0.15) is 12.8 Å². The van der Waals surface area contributed by atoms with Gasteiger partial charge in [0.15, 0.2) is 11.5 Å². The molecular formula is C6H6N4. The number of nitrogen functional groups attached to an aromatic ring is 1. The third-order valence-corrected chi connectivity index (χ3v) is 0.957. The molecule has 0 aromatic carbocycles. The highest BCUT2D eigenvalue weighted by atomic mass is 14.9. The van der Waals surface area contributed by atoms with E-state index in [0.29, 0.717) is 5.69 Å². The van der Waals surface area contributed by atoms with E-state index < -0.39 is 0 Å². The van der Waals surface area contributed by atoms with E-state index in [1.807, 2.05) is 0 Å². The van der Waals surface area contributed by atoms with E-state index in [4.69, 9.17) is 12.4 Å². The van der Waals surface area contributed by atoms with E-state index in [-0.39, 0.29) is 18.4 Å². The standard InChI is InChI=1S/C6H6N4/c1-4-3-9-6(8)5(2-7)10-4/h3H,1H3,(H2,8,9)/i1D. The summed E-state index contributed by atoms with van der Waals surface area (Å²) in [5.41, 5.74) is 5.84. The molecule has 0 saturated heterocycles. The molecule has 2 N–H and O–H groups in total. The van der Waals surface area contributed by atoms with E-state index in [9.17, 15) is 0 Å². The molecule has 50 valence electrons. The zero-order valence-corrected chi connectivity index (χ0v) is 5.20. The number of anilines is 1. The first-order chi connectivity index (χ1) is 5.27. The minimum Gasteiger partial charge on any atom is -0.381 e. The van der Waals surface area contributed by atoms with Crippen molar-refractivity contribution in [2.24, 2.45) is 0 Å². The van der Waals surface area contributed by atoms with Crippen LogP contribution < -0.4 is 5.73 Å². The molecule has 1 rings (SSSR count). The normalized spacial score (nSPS) is 10.1. The SMILES string of the molecule is [2H]Cc1cnc(N)c(C#N)n1. The van der Waals surface area contributed by atoms with Crippen LogP contribution in [-0.2, 0) is 0 Å². The predicted molar refractivity (Wildman–Crippen MR) is 35.9 cm³/mol. The van der Waals surface area contributed by atoms with Crippen LogP contribution in [-0.4, -0.2) is 9.97 Å². The van der Waals surface area contributed by atoms with Crippen molar-refractivity contribution in [3.8, 4) is 6.07 Å². The van der Waals surface area contributed by atoms with Crippen LogP contribution in [0, 0.1) is 18.2 Å². The Balaban J connectivity index is 3.15. The summed E-state index contributed by atoms with van der Waals surface area (Å²) in [6.07, 6.45) is 1.39. The van der Waals surface area contributed by atoms with Gasteiger partial charge in [-0.3, -0.25) is 0 Å². The van der Waals surface area contributed by atoms with E-state index >= 15 is 0 Å². The second-order valence-electron chi connectivity index (χ2n) is 1.71. The molecule has 0 amide bonds. The molecule has 0 aliphatic carbocycles. The monoisotopic (exact) mass is 135 g/mol. The Morgan fingerprint density at radius 2 is 2.70 bits per heavy atom. The lowest BCUT2D eigenvalue weighted by atomic mass is 10.4. The summed E-state index contributed by atoms with van der Waals surface area (Å²) >= 11 is 0. The highest BCUT2D eigenvalue weighted by Crippen LogP contribution is 2.02. The molecule has 0 aliphatic rings. The number of nitrogens with two attached hydrogens (primary N) is 1. The Hall–Kier alpha value is -1.63. The molecule has 4 nitrogen and oxygen atoms in total. The molecule has 0 fully saturated rings. The van der Waals surface area contributed by atoms with E-state index in [1.54, 1.807) is 6.07 Å². The smallest absolute Gasteiger partial charge is 0.183 e. The minimum atomic E-state index is 0.0158. The Bertz CT molecular complexity index is 304. The summed E-state index contributed by atoms with van der Waals surface area (Å²) < 4.78 is 6.93. The van der Waals surface area contributed by atoms with Crippen molar-refractivity contribution in [3.05, 3.63) is 17.6 Å². The van der Waals surface area contributed by atoms with Gasteiger partial charge in [-0.25, -0.2) is 9.97 Å². The second-order valence-corrected chi connectivity index (χ2v) is 1.71. The molecule has 1 heterocycles. The summed E-state index contributed by atoms with van der Waals surface area (Å²) in [6, 6.07) is 1.79. The van der Waals surface area contributed by atoms with Gasteiger partial charge in [0.25, 0.3) is 0 Å². The van der Waals surface area contributed by atoms with Gasteiger partial charge < -0.3 is 5.73 Å². The number of rotatable bonds is 0. The zero-order valence-electron chi connectivity index (χ0n) is 6.20. The fourth-order valence-electron chi connectivity index (χ4n) is 0.517. The third-order valence-electron chi connectivity index (χ3n) is 0.957. The van der Waals surface area contributed by atoms with Gasteiger partial charge in [-0.05, 0) is 6.90 Å². The Labute approximate surface area is 59.7 Å². The van der Waals surface area contributed by atoms with Crippen molar-refractivity contribution in [2.45, 2.75) is 6.90 Å². The topological polar surface area (TPSA) is 75.6 Å².